The molecule has 0 saturated carbocycles. The van der Waals surface area contributed by atoms with Crippen LogP contribution in [0.25, 0.3) is 0 Å². The molecule has 20 heavy (non-hydrogen) atoms. The lowest BCUT2D eigenvalue weighted by molar-refractivity contribution is -0.0504. The minimum atomic E-state index is -2.87. The first-order chi connectivity index (χ1) is 8.88. The Morgan fingerprint density at radius 2 is 2.10 bits per heavy atom. The fourth-order valence-corrected chi connectivity index (χ4v) is 1.80. The highest BCUT2D eigenvalue weighted by molar-refractivity contribution is 14.0. The van der Waals surface area contributed by atoms with Gasteiger partial charge in [0.05, 0.1) is 6.54 Å². The van der Waals surface area contributed by atoms with E-state index in [1.54, 1.807) is 12.1 Å². The summed E-state index contributed by atoms with van der Waals surface area (Å²) in [6.07, 6.45) is 0. The van der Waals surface area contributed by atoms with Crippen LogP contribution in [0.15, 0.2) is 27.7 Å². The molecule has 0 fully saturated rings. The van der Waals surface area contributed by atoms with Gasteiger partial charge in [0.2, 0.25) is 0 Å². The molecule has 4 nitrogen and oxygen atoms in total. The Morgan fingerprint density at radius 1 is 1.45 bits per heavy atom. The number of nitrogens with zero attached hydrogens (tertiary/aromatic N) is 1. The van der Waals surface area contributed by atoms with Crippen molar-refractivity contribution in [1.29, 1.82) is 0 Å². The standard InChI is InChI=1S/C12H16BrF2N3O.HI/c1-7(2)18-12(16)17-6-8-5-9(13)3-4-10(8)19-11(14)15;/h3-5,7,11H,6H2,1-2H3,(H3,16,17,18);1H. The Balaban J connectivity index is 0.00000361. The summed E-state index contributed by atoms with van der Waals surface area (Å²) in [6.45, 7) is 1.14. The van der Waals surface area contributed by atoms with Gasteiger partial charge in [0.1, 0.15) is 5.75 Å². The van der Waals surface area contributed by atoms with Gasteiger partial charge in [0.25, 0.3) is 0 Å². The average molecular weight is 464 g/mol. The Kier molecular flexibility index (Phi) is 9.03. The number of hydrogen-bond donors (Lipinski definition) is 2. The largest absolute Gasteiger partial charge is 0.434 e. The van der Waals surface area contributed by atoms with Gasteiger partial charge in [-0.15, -0.1) is 24.0 Å². The molecule has 0 unspecified atom stereocenters. The van der Waals surface area contributed by atoms with E-state index in [-0.39, 0.29) is 48.3 Å². The third-order valence-corrected chi connectivity index (χ3v) is 2.59. The number of alkyl halides is 2. The lowest BCUT2D eigenvalue weighted by Crippen LogP contribution is -2.36. The van der Waals surface area contributed by atoms with Crippen LogP contribution in [0, 0.1) is 0 Å². The second kappa shape index (κ2) is 9.32. The normalized spacial score (nSPS) is 11.4. The van der Waals surface area contributed by atoms with Crippen molar-refractivity contribution in [1.82, 2.24) is 5.32 Å². The van der Waals surface area contributed by atoms with Crippen molar-refractivity contribution >= 4 is 45.9 Å². The van der Waals surface area contributed by atoms with Gasteiger partial charge in [0.15, 0.2) is 5.96 Å². The number of nitrogens with two attached hydrogens (primary N) is 1. The minimum Gasteiger partial charge on any atom is -0.434 e. The zero-order valence-electron chi connectivity index (χ0n) is 11.1. The van der Waals surface area contributed by atoms with E-state index in [1.807, 2.05) is 13.8 Å². The fourth-order valence-electron chi connectivity index (χ4n) is 1.39. The van der Waals surface area contributed by atoms with Crippen LogP contribution in [-0.4, -0.2) is 18.6 Å². The number of hydrogen-bond acceptors (Lipinski definition) is 2. The second-order valence-corrected chi connectivity index (χ2v) is 5.05. The van der Waals surface area contributed by atoms with Gasteiger partial charge in [-0.2, -0.15) is 8.78 Å². The van der Waals surface area contributed by atoms with Crippen molar-refractivity contribution in [2.45, 2.75) is 33.0 Å². The molecule has 0 aromatic heterocycles. The Morgan fingerprint density at radius 3 is 2.65 bits per heavy atom. The maximum Gasteiger partial charge on any atom is 0.387 e. The number of rotatable bonds is 5. The van der Waals surface area contributed by atoms with E-state index in [0.29, 0.717) is 5.56 Å². The van der Waals surface area contributed by atoms with E-state index in [9.17, 15) is 8.78 Å². The summed E-state index contributed by atoms with van der Waals surface area (Å²) in [5.74, 6) is 0.359. The molecule has 0 heterocycles. The molecule has 1 aromatic rings. The lowest BCUT2D eigenvalue weighted by atomic mass is 10.2. The second-order valence-electron chi connectivity index (χ2n) is 4.13. The van der Waals surface area contributed by atoms with Crippen LogP contribution < -0.4 is 15.8 Å². The molecule has 0 aliphatic rings. The van der Waals surface area contributed by atoms with E-state index in [2.05, 4.69) is 31.0 Å². The maximum absolute atomic E-state index is 12.3. The smallest absolute Gasteiger partial charge is 0.387 e. The van der Waals surface area contributed by atoms with Gasteiger partial charge in [-0.25, -0.2) is 4.99 Å². The van der Waals surface area contributed by atoms with E-state index >= 15 is 0 Å². The quantitative estimate of drug-likeness (QED) is 0.399. The van der Waals surface area contributed by atoms with Crippen LogP contribution in [0.4, 0.5) is 8.78 Å². The van der Waals surface area contributed by atoms with Crippen molar-refractivity contribution in [2.75, 3.05) is 0 Å². The van der Waals surface area contributed by atoms with Crippen molar-refractivity contribution < 1.29 is 13.5 Å². The highest BCUT2D eigenvalue weighted by Gasteiger charge is 2.10. The number of ether oxygens (including phenoxy) is 1. The number of halogens is 4. The predicted molar refractivity (Wildman–Crippen MR) is 89.8 cm³/mol. The summed E-state index contributed by atoms with van der Waals surface area (Å²) < 4.78 is 29.7. The Bertz CT molecular complexity index is 458. The van der Waals surface area contributed by atoms with Crippen LogP contribution in [0.5, 0.6) is 5.75 Å². The topological polar surface area (TPSA) is 59.6 Å². The van der Waals surface area contributed by atoms with Crippen LogP contribution in [0.3, 0.4) is 0 Å². The first-order valence-electron chi connectivity index (χ1n) is 5.68. The predicted octanol–water partition coefficient (Wildman–Crippen LogP) is 3.48. The third kappa shape index (κ3) is 7.22. The Hall–Kier alpha value is -0.640. The highest BCUT2D eigenvalue weighted by atomic mass is 127. The molecule has 0 saturated heterocycles. The van der Waals surface area contributed by atoms with Crippen LogP contribution in [-0.2, 0) is 6.54 Å². The molecular weight excluding hydrogens is 447 g/mol. The maximum atomic E-state index is 12.3. The first-order valence-corrected chi connectivity index (χ1v) is 6.47. The number of guanidine groups is 1. The van der Waals surface area contributed by atoms with Crippen molar-refractivity contribution in [3.05, 3.63) is 28.2 Å². The van der Waals surface area contributed by atoms with Crippen LogP contribution in [0.2, 0.25) is 0 Å². The Labute approximate surface area is 142 Å². The molecule has 0 atom stereocenters. The average Bonchev–Trinajstić information content (AvgIpc) is 2.28. The monoisotopic (exact) mass is 463 g/mol. The molecular formula is C12H17BrF2IN3O. The molecule has 1 aromatic carbocycles. The highest BCUT2D eigenvalue weighted by Crippen LogP contribution is 2.25. The van der Waals surface area contributed by atoms with Gasteiger partial charge in [-0.1, -0.05) is 15.9 Å². The summed E-state index contributed by atoms with van der Waals surface area (Å²) in [4.78, 5) is 4.08. The molecule has 3 N–H and O–H groups in total. The molecule has 0 bridgehead atoms. The molecule has 0 spiro atoms. The molecule has 1 rings (SSSR count). The summed E-state index contributed by atoms with van der Waals surface area (Å²) in [5.41, 5.74) is 6.18. The van der Waals surface area contributed by atoms with Crippen LogP contribution >= 0.6 is 39.9 Å². The number of aliphatic imine (C=N–C) groups is 1. The zero-order valence-corrected chi connectivity index (χ0v) is 15.0. The van der Waals surface area contributed by atoms with E-state index in [0.717, 1.165) is 4.47 Å². The van der Waals surface area contributed by atoms with Gasteiger partial charge in [0, 0.05) is 16.1 Å². The van der Waals surface area contributed by atoms with Gasteiger partial charge in [-0.3, -0.25) is 0 Å². The van der Waals surface area contributed by atoms with Gasteiger partial charge >= 0.3 is 6.61 Å². The molecule has 0 amide bonds. The summed E-state index contributed by atoms with van der Waals surface area (Å²) >= 11 is 3.27. The first kappa shape index (κ1) is 19.4. The van der Waals surface area contributed by atoms with Crippen molar-refractivity contribution in [2.24, 2.45) is 10.7 Å². The van der Waals surface area contributed by atoms with Gasteiger partial charge in [-0.05, 0) is 32.0 Å². The third-order valence-electron chi connectivity index (χ3n) is 2.09. The molecule has 0 aliphatic carbocycles. The molecule has 114 valence electrons. The van der Waals surface area contributed by atoms with E-state index in [4.69, 9.17) is 5.73 Å². The van der Waals surface area contributed by atoms with Crippen LogP contribution in [0.1, 0.15) is 19.4 Å². The number of nitrogens with one attached hydrogen (secondary N) is 1. The molecule has 0 aliphatic heterocycles. The number of benzene rings is 1. The summed E-state index contributed by atoms with van der Waals surface area (Å²) in [5, 5.41) is 2.91. The fraction of sp³-hybridized carbons (Fsp3) is 0.417. The molecule has 8 heteroatoms. The summed E-state index contributed by atoms with van der Waals surface area (Å²) in [7, 11) is 0. The summed E-state index contributed by atoms with van der Waals surface area (Å²) in [6, 6.07) is 4.92. The van der Waals surface area contributed by atoms with Crippen molar-refractivity contribution in [3.8, 4) is 5.75 Å². The van der Waals surface area contributed by atoms with E-state index in [1.165, 1.54) is 6.07 Å². The van der Waals surface area contributed by atoms with Crippen molar-refractivity contribution in [3.63, 3.8) is 0 Å². The minimum absolute atomic E-state index is 0. The van der Waals surface area contributed by atoms with E-state index < -0.39 is 6.61 Å². The van der Waals surface area contributed by atoms with Gasteiger partial charge < -0.3 is 15.8 Å². The zero-order chi connectivity index (χ0) is 14.4. The SMILES string of the molecule is CC(C)NC(N)=NCc1cc(Br)ccc1OC(F)F.I. The lowest BCUT2D eigenvalue weighted by Gasteiger charge is -2.11. The molecule has 0 radical (unpaired) electrons.